The number of aliphatic carboxylic acids is 1. The lowest BCUT2D eigenvalue weighted by atomic mass is 9.82. The molecule has 0 spiro atoms. The van der Waals surface area contributed by atoms with Crippen molar-refractivity contribution in [1.29, 1.82) is 0 Å². The maximum Gasteiger partial charge on any atom is 0.311 e. The quantitative estimate of drug-likeness (QED) is 0.779. The highest BCUT2D eigenvalue weighted by Gasteiger charge is 2.35. The predicted octanol–water partition coefficient (Wildman–Crippen LogP) is 3.62. The van der Waals surface area contributed by atoms with Gasteiger partial charge in [0.2, 0.25) is 5.91 Å². The molecule has 1 atom stereocenters. The lowest BCUT2D eigenvalue weighted by Crippen LogP contribution is -2.43. The summed E-state index contributed by atoms with van der Waals surface area (Å²) in [6.45, 7) is 5.67. The van der Waals surface area contributed by atoms with Gasteiger partial charge < -0.3 is 10.4 Å². The molecule has 4 nitrogen and oxygen atoms in total. The van der Waals surface area contributed by atoms with Gasteiger partial charge in [-0.2, -0.15) is 0 Å². The van der Waals surface area contributed by atoms with Crippen LogP contribution in [0.1, 0.15) is 44.4 Å². The number of thiophene rings is 1. The van der Waals surface area contributed by atoms with Gasteiger partial charge in [-0.05, 0) is 47.8 Å². The van der Waals surface area contributed by atoms with Crippen LogP contribution in [0, 0.1) is 5.41 Å². The number of carbonyl (C=O) groups excluding carboxylic acids is 1. The van der Waals surface area contributed by atoms with Crippen molar-refractivity contribution in [2.24, 2.45) is 5.41 Å². The van der Waals surface area contributed by atoms with Gasteiger partial charge in [0.25, 0.3) is 0 Å². The van der Waals surface area contributed by atoms with Crippen LogP contribution >= 0.6 is 27.3 Å². The lowest BCUT2D eigenvalue weighted by Gasteiger charge is -2.27. The van der Waals surface area contributed by atoms with Gasteiger partial charge in [0.1, 0.15) is 0 Å². The summed E-state index contributed by atoms with van der Waals surface area (Å²) in [6, 6.07) is 3.81. The molecule has 1 rings (SSSR count). The molecule has 1 unspecified atom stereocenters. The van der Waals surface area contributed by atoms with Crippen LogP contribution in [0.15, 0.2) is 15.9 Å². The summed E-state index contributed by atoms with van der Waals surface area (Å²) in [5.74, 6) is -1.26. The molecule has 1 aromatic heterocycles. The van der Waals surface area contributed by atoms with E-state index in [0.717, 1.165) is 8.66 Å². The third kappa shape index (κ3) is 3.82. The van der Waals surface area contributed by atoms with E-state index in [1.807, 2.05) is 32.9 Å². The number of carboxylic acids is 1. The van der Waals surface area contributed by atoms with E-state index in [4.69, 9.17) is 0 Å². The monoisotopic (exact) mass is 361 g/mol. The molecular formula is C14H20BrNO3S. The topological polar surface area (TPSA) is 66.4 Å². The molecule has 6 heteroatoms. The van der Waals surface area contributed by atoms with Gasteiger partial charge in [0.05, 0.1) is 15.1 Å². The first-order valence-electron chi connectivity index (χ1n) is 6.62. The fraction of sp³-hybridized carbons (Fsp3) is 0.571. The van der Waals surface area contributed by atoms with Crippen molar-refractivity contribution in [3.8, 4) is 0 Å². The van der Waals surface area contributed by atoms with Crippen molar-refractivity contribution in [3.05, 3.63) is 20.8 Å². The van der Waals surface area contributed by atoms with Crippen molar-refractivity contribution in [3.63, 3.8) is 0 Å². The molecule has 0 saturated heterocycles. The zero-order valence-corrected chi connectivity index (χ0v) is 14.3. The second-order valence-corrected chi connectivity index (χ2v) is 7.37. The molecule has 112 valence electrons. The maximum absolute atomic E-state index is 12.1. The van der Waals surface area contributed by atoms with E-state index in [1.54, 1.807) is 0 Å². The minimum absolute atomic E-state index is 0.133. The first-order valence-corrected chi connectivity index (χ1v) is 8.23. The second kappa shape index (κ2) is 7.22. The van der Waals surface area contributed by atoms with E-state index in [2.05, 4.69) is 21.2 Å². The molecule has 0 bridgehead atoms. The summed E-state index contributed by atoms with van der Waals surface area (Å²) < 4.78 is 0.981. The smallest absolute Gasteiger partial charge is 0.311 e. The van der Waals surface area contributed by atoms with Crippen LogP contribution in [-0.4, -0.2) is 23.5 Å². The standard InChI is InChI=1S/C14H20BrNO3S/c1-4-14(5-2,13(18)19)8-16-12(17)9(3)10-6-7-11(15)20-10/h6-7,9H,4-5,8H2,1-3H3,(H,16,17)(H,18,19). The molecule has 1 amide bonds. The van der Waals surface area contributed by atoms with Crippen molar-refractivity contribution < 1.29 is 14.7 Å². The van der Waals surface area contributed by atoms with Gasteiger partial charge in [-0.3, -0.25) is 9.59 Å². The number of halogens is 1. The van der Waals surface area contributed by atoms with Crippen LogP contribution in [0.2, 0.25) is 0 Å². The molecule has 2 N–H and O–H groups in total. The van der Waals surface area contributed by atoms with Crippen molar-refractivity contribution in [2.75, 3.05) is 6.54 Å². The first kappa shape index (κ1) is 17.2. The molecule has 0 saturated carbocycles. The first-order chi connectivity index (χ1) is 9.36. The minimum Gasteiger partial charge on any atom is -0.481 e. The fourth-order valence-corrected chi connectivity index (χ4v) is 3.45. The number of hydrogen-bond acceptors (Lipinski definition) is 3. The molecule has 0 aliphatic rings. The zero-order valence-electron chi connectivity index (χ0n) is 11.9. The molecule has 0 fully saturated rings. The number of carbonyl (C=O) groups is 2. The summed E-state index contributed by atoms with van der Waals surface area (Å²) >= 11 is 4.89. The van der Waals surface area contributed by atoms with E-state index in [0.29, 0.717) is 12.8 Å². The molecule has 0 radical (unpaired) electrons. The summed E-state index contributed by atoms with van der Waals surface area (Å²) in [5.41, 5.74) is -0.870. The Balaban J connectivity index is 2.69. The number of rotatable bonds is 7. The fourth-order valence-electron chi connectivity index (χ4n) is 1.98. The van der Waals surface area contributed by atoms with Gasteiger partial charge >= 0.3 is 5.97 Å². The van der Waals surface area contributed by atoms with Crippen molar-refractivity contribution in [2.45, 2.75) is 39.5 Å². The number of carboxylic acid groups (broad SMARTS) is 1. The van der Waals surface area contributed by atoms with Crippen LogP contribution < -0.4 is 5.32 Å². The molecule has 1 heterocycles. The SMILES string of the molecule is CCC(CC)(CNC(=O)C(C)c1ccc(Br)s1)C(=O)O. The Morgan fingerprint density at radius 2 is 2.00 bits per heavy atom. The van der Waals surface area contributed by atoms with E-state index >= 15 is 0 Å². The van der Waals surface area contributed by atoms with Crippen LogP contribution in [0.5, 0.6) is 0 Å². The minimum atomic E-state index is -0.870. The highest BCUT2D eigenvalue weighted by molar-refractivity contribution is 9.11. The van der Waals surface area contributed by atoms with Crippen molar-refractivity contribution in [1.82, 2.24) is 5.32 Å². The van der Waals surface area contributed by atoms with Gasteiger partial charge in [0.15, 0.2) is 0 Å². The second-order valence-electron chi connectivity index (χ2n) is 4.87. The number of amides is 1. The van der Waals surface area contributed by atoms with Crippen LogP contribution in [0.3, 0.4) is 0 Å². The van der Waals surface area contributed by atoms with Gasteiger partial charge in [0, 0.05) is 11.4 Å². The van der Waals surface area contributed by atoms with Crippen molar-refractivity contribution >= 4 is 39.1 Å². The lowest BCUT2D eigenvalue weighted by molar-refractivity contribution is -0.149. The predicted molar refractivity (Wildman–Crippen MR) is 84.1 cm³/mol. The Labute approximate surface area is 131 Å². The third-order valence-corrected chi connectivity index (χ3v) is 5.63. The van der Waals surface area contributed by atoms with Crippen LogP contribution in [0.4, 0.5) is 0 Å². The Kier molecular flexibility index (Phi) is 6.20. The zero-order chi connectivity index (χ0) is 15.3. The molecule has 1 aromatic rings. The molecule has 20 heavy (non-hydrogen) atoms. The highest BCUT2D eigenvalue weighted by Crippen LogP contribution is 2.29. The van der Waals surface area contributed by atoms with E-state index < -0.39 is 11.4 Å². The number of hydrogen-bond donors (Lipinski definition) is 2. The molecule has 0 aromatic carbocycles. The van der Waals surface area contributed by atoms with E-state index in [9.17, 15) is 14.7 Å². The average Bonchev–Trinajstić information content (AvgIpc) is 2.85. The Morgan fingerprint density at radius 1 is 1.40 bits per heavy atom. The summed E-state index contributed by atoms with van der Waals surface area (Å²) in [5, 5.41) is 12.1. The van der Waals surface area contributed by atoms with Crippen LogP contribution in [-0.2, 0) is 9.59 Å². The maximum atomic E-state index is 12.1. The average molecular weight is 362 g/mol. The Morgan fingerprint density at radius 3 is 2.40 bits per heavy atom. The summed E-state index contributed by atoms with van der Waals surface area (Å²) in [6.07, 6.45) is 0.996. The molecule has 0 aliphatic carbocycles. The number of nitrogens with one attached hydrogen (secondary N) is 1. The van der Waals surface area contributed by atoms with Gasteiger partial charge in [-0.15, -0.1) is 11.3 Å². The van der Waals surface area contributed by atoms with Crippen LogP contribution in [0.25, 0.3) is 0 Å². The van der Waals surface area contributed by atoms with E-state index in [-0.39, 0.29) is 18.4 Å². The summed E-state index contributed by atoms with van der Waals surface area (Å²) in [4.78, 5) is 24.5. The molecular weight excluding hydrogens is 342 g/mol. The highest BCUT2D eigenvalue weighted by atomic mass is 79.9. The Bertz CT molecular complexity index is 483. The third-order valence-electron chi connectivity index (χ3n) is 3.82. The Hall–Kier alpha value is -0.880. The normalized spacial score (nSPS) is 13.0. The van der Waals surface area contributed by atoms with Gasteiger partial charge in [-0.1, -0.05) is 13.8 Å². The summed E-state index contributed by atoms with van der Waals surface area (Å²) in [7, 11) is 0. The van der Waals surface area contributed by atoms with E-state index in [1.165, 1.54) is 11.3 Å². The largest absolute Gasteiger partial charge is 0.481 e. The van der Waals surface area contributed by atoms with Gasteiger partial charge in [-0.25, -0.2) is 0 Å². The molecule has 0 aliphatic heterocycles.